The first kappa shape index (κ1) is 38.6. The van der Waals surface area contributed by atoms with Gasteiger partial charge in [-0.2, -0.15) is 0 Å². The SMILES string of the molecule is c1ccc(-c2cc(-c3ccccc3)cc(-c3nc(-c4cc(-c5ccccc5)cc(-c5ccccc5)c4)nc(-c4ccc5c(c4)C4(c6ccccc6-c6ccccc64)c4ccccc4-5)n3)c2)cc1. The van der Waals surface area contributed by atoms with E-state index in [-0.39, 0.29) is 0 Å². The maximum atomic E-state index is 5.49. The summed E-state index contributed by atoms with van der Waals surface area (Å²) in [6.45, 7) is 0. The zero-order chi connectivity index (χ0) is 44.3. The summed E-state index contributed by atoms with van der Waals surface area (Å²) < 4.78 is 0. The molecule has 1 aromatic heterocycles. The molecular formula is C64H41N3. The number of benzene rings is 10. The van der Waals surface area contributed by atoms with Crippen molar-refractivity contribution in [1.82, 2.24) is 15.0 Å². The Hall–Kier alpha value is -8.79. The van der Waals surface area contributed by atoms with Gasteiger partial charge in [-0.3, -0.25) is 0 Å². The molecule has 11 aromatic rings. The fraction of sp³-hybridized carbons (Fsp3) is 0.0156. The molecule has 0 atom stereocenters. The van der Waals surface area contributed by atoms with E-state index in [4.69, 9.17) is 15.0 Å². The third-order valence-corrected chi connectivity index (χ3v) is 13.7. The Balaban J connectivity index is 1.07. The fourth-order valence-corrected chi connectivity index (χ4v) is 10.7. The average Bonchev–Trinajstić information content (AvgIpc) is 3.88. The molecule has 10 aromatic carbocycles. The summed E-state index contributed by atoms with van der Waals surface area (Å²) in [6, 6.07) is 89.4. The Morgan fingerprint density at radius 2 is 0.478 bits per heavy atom. The first-order chi connectivity index (χ1) is 33.2. The summed E-state index contributed by atoms with van der Waals surface area (Å²) in [7, 11) is 0. The molecule has 1 heterocycles. The Morgan fingerprint density at radius 3 is 0.836 bits per heavy atom. The molecule has 3 heteroatoms. The van der Waals surface area contributed by atoms with Gasteiger partial charge in [-0.1, -0.05) is 206 Å². The summed E-state index contributed by atoms with van der Waals surface area (Å²) in [4.78, 5) is 16.4. The second kappa shape index (κ2) is 15.7. The van der Waals surface area contributed by atoms with Gasteiger partial charge in [0.25, 0.3) is 0 Å². The molecule has 0 bridgehead atoms. The summed E-state index contributed by atoms with van der Waals surface area (Å²) in [6.07, 6.45) is 0. The van der Waals surface area contributed by atoms with Crippen LogP contribution in [0.5, 0.6) is 0 Å². The summed E-state index contributed by atoms with van der Waals surface area (Å²) in [5, 5.41) is 0. The van der Waals surface area contributed by atoms with Crippen molar-refractivity contribution in [3.63, 3.8) is 0 Å². The maximum absolute atomic E-state index is 5.49. The molecule has 13 rings (SSSR count). The molecule has 0 unspecified atom stereocenters. The van der Waals surface area contributed by atoms with E-state index >= 15 is 0 Å². The van der Waals surface area contributed by atoms with Crippen molar-refractivity contribution in [1.29, 1.82) is 0 Å². The predicted molar refractivity (Wildman–Crippen MR) is 274 cm³/mol. The standard InChI is InChI=1S/C64H41N3/c1-5-19-42(20-6-1)47-35-48(43-21-7-2-8-22-43)38-51(37-47)62-65-61(66-63(67-62)52-39-49(44-23-9-3-10-24-44)36-50(40-52)45-25-11-4-12-26-45)46-33-34-56-55-29-15-18-32-59(55)64(60(56)41-46)57-30-16-13-27-53(57)54-28-14-17-31-58(54)64/h1-41H. The molecule has 3 nitrogen and oxygen atoms in total. The topological polar surface area (TPSA) is 38.7 Å². The number of rotatable bonds is 7. The van der Waals surface area contributed by atoms with Crippen molar-refractivity contribution >= 4 is 0 Å². The van der Waals surface area contributed by atoms with Crippen LogP contribution in [0.25, 0.3) is 101 Å². The lowest BCUT2D eigenvalue weighted by atomic mass is 9.70. The first-order valence-electron chi connectivity index (χ1n) is 22.9. The van der Waals surface area contributed by atoms with Crippen molar-refractivity contribution in [2.24, 2.45) is 0 Å². The van der Waals surface area contributed by atoms with Crippen LogP contribution in [0.2, 0.25) is 0 Å². The van der Waals surface area contributed by atoms with Crippen LogP contribution in [0.15, 0.2) is 249 Å². The lowest BCUT2D eigenvalue weighted by Gasteiger charge is -2.30. The highest BCUT2D eigenvalue weighted by molar-refractivity contribution is 5.96. The molecule has 0 saturated heterocycles. The number of nitrogens with zero attached hydrogens (tertiary/aromatic N) is 3. The molecule has 1 spiro atoms. The summed E-state index contributed by atoms with van der Waals surface area (Å²) in [5.74, 6) is 1.83. The molecule has 312 valence electrons. The van der Waals surface area contributed by atoms with Gasteiger partial charge in [0.1, 0.15) is 0 Å². The van der Waals surface area contributed by atoms with Gasteiger partial charge in [-0.15, -0.1) is 0 Å². The second-order valence-electron chi connectivity index (χ2n) is 17.5. The number of hydrogen-bond donors (Lipinski definition) is 0. The van der Waals surface area contributed by atoms with Gasteiger partial charge in [0.15, 0.2) is 17.5 Å². The van der Waals surface area contributed by atoms with Gasteiger partial charge < -0.3 is 0 Å². The van der Waals surface area contributed by atoms with Crippen molar-refractivity contribution < 1.29 is 0 Å². The van der Waals surface area contributed by atoms with E-state index in [1.165, 1.54) is 44.5 Å². The number of fused-ring (bicyclic) bond motifs is 10. The third kappa shape index (κ3) is 6.39. The Morgan fingerprint density at radius 1 is 0.194 bits per heavy atom. The Kier molecular flexibility index (Phi) is 9.07. The smallest absolute Gasteiger partial charge is 0.164 e. The van der Waals surface area contributed by atoms with Gasteiger partial charge in [0.2, 0.25) is 0 Å². The highest BCUT2D eigenvalue weighted by atomic mass is 15.0. The zero-order valence-electron chi connectivity index (χ0n) is 36.5. The minimum Gasteiger partial charge on any atom is -0.208 e. The van der Waals surface area contributed by atoms with Crippen LogP contribution in [0.3, 0.4) is 0 Å². The van der Waals surface area contributed by atoms with Crippen molar-refractivity contribution in [3.8, 4) is 101 Å². The fourth-order valence-electron chi connectivity index (χ4n) is 10.7. The number of hydrogen-bond acceptors (Lipinski definition) is 3. The van der Waals surface area contributed by atoms with Crippen LogP contribution in [0, 0.1) is 0 Å². The molecule has 67 heavy (non-hydrogen) atoms. The molecule has 2 aliphatic rings. The summed E-state index contributed by atoms with van der Waals surface area (Å²) in [5.41, 5.74) is 21.3. The van der Waals surface area contributed by atoms with Crippen LogP contribution in [-0.2, 0) is 5.41 Å². The highest BCUT2D eigenvalue weighted by Gasteiger charge is 2.51. The zero-order valence-corrected chi connectivity index (χ0v) is 36.5. The van der Waals surface area contributed by atoms with Crippen LogP contribution in [-0.4, -0.2) is 15.0 Å². The van der Waals surface area contributed by atoms with Crippen LogP contribution < -0.4 is 0 Å². The minimum atomic E-state index is -0.503. The molecule has 0 aliphatic heterocycles. The van der Waals surface area contributed by atoms with E-state index in [1.54, 1.807) is 0 Å². The maximum Gasteiger partial charge on any atom is 0.164 e. The van der Waals surface area contributed by atoms with Crippen molar-refractivity contribution in [2.45, 2.75) is 5.41 Å². The van der Waals surface area contributed by atoms with Crippen LogP contribution >= 0.6 is 0 Å². The molecule has 0 radical (unpaired) electrons. The number of aromatic nitrogens is 3. The van der Waals surface area contributed by atoms with Crippen molar-refractivity contribution in [2.75, 3.05) is 0 Å². The lowest BCUT2D eigenvalue weighted by Crippen LogP contribution is -2.25. The van der Waals surface area contributed by atoms with Gasteiger partial charge in [-0.05, 0) is 131 Å². The van der Waals surface area contributed by atoms with Crippen molar-refractivity contribution in [3.05, 3.63) is 271 Å². The van der Waals surface area contributed by atoms with E-state index in [9.17, 15) is 0 Å². The van der Waals surface area contributed by atoms with E-state index in [0.29, 0.717) is 17.5 Å². The average molecular weight is 852 g/mol. The van der Waals surface area contributed by atoms with Crippen LogP contribution in [0.1, 0.15) is 22.3 Å². The quantitative estimate of drug-likeness (QED) is 0.160. The monoisotopic (exact) mass is 851 g/mol. The predicted octanol–water partition coefficient (Wildman–Crippen LogP) is 15.9. The van der Waals surface area contributed by atoms with Gasteiger partial charge >= 0.3 is 0 Å². The lowest BCUT2D eigenvalue weighted by molar-refractivity contribution is 0.794. The molecular weight excluding hydrogens is 811 g/mol. The minimum absolute atomic E-state index is 0.503. The van der Waals surface area contributed by atoms with E-state index < -0.39 is 5.41 Å². The Bertz CT molecular complexity index is 3350. The summed E-state index contributed by atoms with van der Waals surface area (Å²) >= 11 is 0. The molecule has 0 amide bonds. The second-order valence-corrected chi connectivity index (χ2v) is 17.5. The van der Waals surface area contributed by atoms with Gasteiger partial charge in [-0.25, -0.2) is 15.0 Å². The largest absolute Gasteiger partial charge is 0.208 e. The molecule has 2 aliphatic carbocycles. The van der Waals surface area contributed by atoms with Crippen LogP contribution in [0.4, 0.5) is 0 Å². The molecule has 0 saturated carbocycles. The Labute approximate surface area is 390 Å². The van der Waals surface area contributed by atoms with E-state index in [2.05, 4.69) is 249 Å². The third-order valence-electron chi connectivity index (χ3n) is 13.7. The van der Waals surface area contributed by atoms with Gasteiger partial charge in [0, 0.05) is 16.7 Å². The van der Waals surface area contributed by atoms with Gasteiger partial charge in [0.05, 0.1) is 5.41 Å². The van der Waals surface area contributed by atoms with E-state index in [1.807, 2.05) is 0 Å². The molecule has 0 N–H and O–H groups in total. The van der Waals surface area contributed by atoms with E-state index in [0.717, 1.165) is 61.2 Å². The normalized spacial score (nSPS) is 12.6. The first-order valence-corrected chi connectivity index (χ1v) is 22.9. The molecule has 0 fully saturated rings. The highest BCUT2D eigenvalue weighted by Crippen LogP contribution is 2.63.